The summed E-state index contributed by atoms with van der Waals surface area (Å²) in [5, 5.41) is 0. The first-order valence-corrected chi connectivity index (χ1v) is 6.89. The molecular weight excluding hydrogens is 224 g/mol. The monoisotopic (exact) mass is 248 g/mol. The van der Waals surface area contributed by atoms with Crippen molar-refractivity contribution in [2.45, 2.75) is 52.1 Å². The fourth-order valence-electron chi connectivity index (χ4n) is 2.91. The zero-order chi connectivity index (χ0) is 13.1. The summed E-state index contributed by atoms with van der Waals surface area (Å²) in [5.74, 6) is 0.741. The van der Waals surface area contributed by atoms with Crippen molar-refractivity contribution in [2.75, 3.05) is 13.7 Å². The van der Waals surface area contributed by atoms with Crippen LogP contribution in [0.1, 0.15) is 50.3 Å². The highest BCUT2D eigenvalue weighted by atomic mass is 16.5. The first kappa shape index (κ1) is 13.3. The Hall–Kier alpha value is -1.09. The molecule has 0 aliphatic carbocycles. The molecular formula is C15H24N2O. The van der Waals surface area contributed by atoms with Crippen molar-refractivity contribution in [3.8, 4) is 5.88 Å². The second-order valence-electron chi connectivity index (χ2n) is 5.44. The summed E-state index contributed by atoms with van der Waals surface area (Å²) < 4.78 is 5.24. The van der Waals surface area contributed by atoms with E-state index in [4.69, 9.17) is 4.74 Å². The Morgan fingerprint density at radius 1 is 1.39 bits per heavy atom. The number of ether oxygens (including phenoxy) is 1. The molecule has 3 nitrogen and oxygen atoms in total. The van der Waals surface area contributed by atoms with E-state index in [1.165, 1.54) is 31.4 Å². The van der Waals surface area contributed by atoms with E-state index in [-0.39, 0.29) is 0 Å². The Balaban J connectivity index is 2.25. The number of methoxy groups -OCH3 is 1. The van der Waals surface area contributed by atoms with E-state index in [2.05, 4.69) is 36.7 Å². The van der Waals surface area contributed by atoms with Crippen LogP contribution in [0.2, 0.25) is 0 Å². The molecule has 3 heteroatoms. The average molecular weight is 248 g/mol. The lowest BCUT2D eigenvalue weighted by molar-refractivity contribution is 0.111. The van der Waals surface area contributed by atoms with Crippen molar-refractivity contribution in [1.29, 1.82) is 0 Å². The van der Waals surface area contributed by atoms with Gasteiger partial charge in [0.15, 0.2) is 0 Å². The number of hydrogen-bond acceptors (Lipinski definition) is 3. The maximum Gasteiger partial charge on any atom is 0.215 e. The Morgan fingerprint density at radius 2 is 2.17 bits per heavy atom. The van der Waals surface area contributed by atoms with Crippen LogP contribution in [-0.4, -0.2) is 29.6 Å². The third-order valence-corrected chi connectivity index (χ3v) is 3.84. The zero-order valence-electron chi connectivity index (χ0n) is 11.9. The molecule has 0 radical (unpaired) electrons. The van der Waals surface area contributed by atoms with Gasteiger partial charge in [-0.05, 0) is 51.8 Å². The van der Waals surface area contributed by atoms with Crippen LogP contribution in [0.5, 0.6) is 5.88 Å². The molecule has 1 aromatic heterocycles. The van der Waals surface area contributed by atoms with Gasteiger partial charge in [0.05, 0.1) is 7.11 Å². The van der Waals surface area contributed by atoms with E-state index < -0.39 is 0 Å². The lowest BCUT2D eigenvalue weighted by Gasteiger charge is -2.38. The summed E-state index contributed by atoms with van der Waals surface area (Å²) >= 11 is 0. The molecule has 2 rings (SSSR count). The third kappa shape index (κ3) is 2.66. The van der Waals surface area contributed by atoms with E-state index in [0.29, 0.717) is 12.1 Å². The van der Waals surface area contributed by atoms with Crippen molar-refractivity contribution < 1.29 is 4.74 Å². The molecule has 1 aliphatic heterocycles. The predicted molar refractivity (Wildman–Crippen MR) is 74.0 cm³/mol. The largest absolute Gasteiger partial charge is 0.481 e. The molecule has 0 aromatic carbocycles. The SMILES string of the molecule is COc1ncc([C@H]2CCCCN2C(C)C)cc1C. The minimum atomic E-state index is 0.524. The summed E-state index contributed by atoms with van der Waals surface area (Å²) in [6.45, 7) is 7.83. The highest BCUT2D eigenvalue weighted by molar-refractivity contribution is 5.30. The Bertz CT molecular complexity index is 403. The fourth-order valence-corrected chi connectivity index (χ4v) is 2.91. The molecule has 0 saturated carbocycles. The fraction of sp³-hybridized carbons (Fsp3) is 0.667. The Morgan fingerprint density at radius 3 is 2.78 bits per heavy atom. The number of rotatable bonds is 3. The summed E-state index contributed by atoms with van der Waals surface area (Å²) in [4.78, 5) is 7.01. The third-order valence-electron chi connectivity index (χ3n) is 3.84. The highest BCUT2D eigenvalue weighted by Gasteiger charge is 2.26. The van der Waals surface area contributed by atoms with E-state index in [9.17, 15) is 0 Å². The molecule has 0 N–H and O–H groups in total. The van der Waals surface area contributed by atoms with Crippen LogP contribution in [0.25, 0.3) is 0 Å². The first-order valence-electron chi connectivity index (χ1n) is 6.89. The standard InChI is InChI=1S/C15H24N2O/c1-11(2)17-8-6-5-7-14(17)13-9-12(3)15(18-4)16-10-13/h9-11,14H,5-8H2,1-4H3/t14-/m1/s1. The van der Waals surface area contributed by atoms with Crippen LogP contribution in [0.4, 0.5) is 0 Å². The van der Waals surface area contributed by atoms with Crippen LogP contribution >= 0.6 is 0 Å². The quantitative estimate of drug-likeness (QED) is 0.820. The molecule has 1 saturated heterocycles. The number of hydrogen-bond donors (Lipinski definition) is 0. The van der Waals surface area contributed by atoms with Gasteiger partial charge in [-0.3, -0.25) is 4.90 Å². The van der Waals surface area contributed by atoms with Gasteiger partial charge in [0.25, 0.3) is 0 Å². The topological polar surface area (TPSA) is 25.4 Å². The molecule has 1 fully saturated rings. The van der Waals surface area contributed by atoms with Crippen molar-refractivity contribution in [1.82, 2.24) is 9.88 Å². The van der Waals surface area contributed by atoms with Gasteiger partial charge in [-0.2, -0.15) is 0 Å². The van der Waals surface area contributed by atoms with Gasteiger partial charge < -0.3 is 4.74 Å². The van der Waals surface area contributed by atoms with E-state index in [1.54, 1.807) is 7.11 Å². The Labute approximate surface area is 110 Å². The van der Waals surface area contributed by atoms with Crippen LogP contribution < -0.4 is 4.74 Å². The number of aryl methyl sites for hydroxylation is 1. The van der Waals surface area contributed by atoms with E-state index >= 15 is 0 Å². The van der Waals surface area contributed by atoms with Gasteiger partial charge in [-0.1, -0.05) is 6.42 Å². The number of piperidine rings is 1. The van der Waals surface area contributed by atoms with Crippen LogP contribution in [-0.2, 0) is 0 Å². The maximum atomic E-state index is 5.24. The van der Waals surface area contributed by atoms with Crippen molar-refractivity contribution in [3.05, 3.63) is 23.4 Å². The molecule has 0 amide bonds. The van der Waals surface area contributed by atoms with Crippen LogP contribution in [0.3, 0.4) is 0 Å². The van der Waals surface area contributed by atoms with Gasteiger partial charge >= 0.3 is 0 Å². The second kappa shape index (κ2) is 5.70. The highest BCUT2D eigenvalue weighted by Crippen LogP contribution is 2.33. The number of aromatic nitrogens is 1. The van der Waals surface area contributed by atoms with Crippen LogP contribution in [0, 0.1) is 6.92 Å². The van der Waals surface area contributed by atoms with E-state index in [0.717, 1.165) is 11.4 Å². The lowest BCUT2D eigenvalue weighted by atomic mass is 9.94. The lowest BCUT2D eigenvalue weighted by Crippen LogP contribution is -2.38. The number of pyridine rings is 1. The predicted octanol–water partition coefficient (Wildman–Crippen LogP) is 3.33. The first-order chi connectivity index (χ1) is 8.63. The molecule has 100 valence electrons. The van der Waals surface area contributed by atoms with Gasteiger partial charge in [-0.25, -0.2) is 4.98 Å². The van der Waals surface area contributed by atoms with Crippen molar-refractivity contribution in [3.63, 3.8) is 0 Å². The van der Waals surface area contributed by atoms with Crippen molar-refractivity contribution >= 4 is 0 Å². The summed E-state index contributed by atoms with van der Waals surface area (Å²) in [5.41, 5.74) is 2.46. The van der Waals surface area contributed by atoms with Gasteiger partial charge in [-0.15, -0.1) is 0 Å². The number of nitrogens with zero attached hydrogens (tertiary/aromatic N) is 2. The maximum absolute atomic E-state index is 5.24. The minimum Gasteiger partial charge on any atom is -0.481 e. The summed E-state index contributed by atoms with van der Waals surface area (Å²) in [6.07, 6.45) is 5.86. The molecule has 0 bridgehead atoms. The summed E-state index contributed by atoms with van der Waals surface area (Å²) in [6, 6.07) is 3.35. The molecule has 0 spiro atoms. The van der Waals surface area contributed by atoms with Gasteiger partial charge in [0, 0.05) is 23.8 Å². The van der Waals surface area contributed by atoms with Gasteiger partial charge in [0.1, 0.15) is 0 Å². The molecule has 2 heterocycles. The normalized spacial score (nSPS) is 21.3. The average Bonchev–Trinajstić information content (AvgIpc) is 2.38. The Kier molecular flexibility index (Phi) is 4.23. The molecule has 1 aliphatic rings. The molecule has 1 aromatic rings. The van der Waals surface area contributed by atoms with E-state index in [1.807, 2.05) is 6.20 Å². The van der Waals surface area contributed by atoms with Crippen molar-refractivity contribution in [2.24, 2.45) is 0 Å². The van der Waals surface area contributed by atoms with Crippen LogP contribution in [0.15, 0.2) is 12.3 Å². The molecule has 18 heavy (non-hydrogen) atoms. The number of likely N-dealkylation sites (tertiary alicyclic amines) is 1. The summed E-state index contributed by atoms with van der Waals surface area (Å²) in [7, 11) is 1.68. The second-order valence-corrected chi connectivity index (χ2v) is 5.44. The molecule has 0 unspecified atom stereocenters. The minimum absolute atomic E-state index is 0.524. The zero-order valence-corrected chi connectivity index (χ0v) is 11.9. The molecule has 1 atom stereocenters. The smallest absolute Gasteiger partial charge is 0.215 e. The van der Waals surface area contributed by atoms with Gasteiger partial charge in [0.2, 0.25) is 5.88 Å².